The lowest BCUT2D eigenvalue weighted by atomic mass is 9.83. The van der Waals surface area contributed by atoms with Crippen LogP contribution in [0.2, 0.25) is 0 Å². The molecular weight excluding hydrogens is 352 g/mol. The van der Waals surface area contributed by atoms with Gasteiger partial charge in [0.15, 0.2) is 5.78 Å². The number of benzene rings is 2. The number of Topliss-reactive ketones (excluding diaryl/α,β-unsaturated/α-hetero) is 2. The molecule has 0 N–H and O–H groups in total. The molecular formula is C24H26O4. The molecule has 4 nitrogen and oxygen atoms in total. The van der Waals surface area contributed by atoms with Gasteiger partial charge in [-0.2, -0.15) is 0 Å². The van der Waals surface area contributed by atoms with Crippen molar-refractivity contribution in [1.29, 1.82) is 0 Å². The van der Waals surface area contributed by atoms with Crippen LogP contribution in [-0.4, -0.2) is 17.5 Å². The zero-order chi connectivity index (χ0) is 20.4. The molecule has 0 unspecified atom stereocenters. The van der Waals surface area contributed by atoms with Crippen LogP contribution >= 0.6 is 0 Å². The van der Waals surface area contributed by atoms with Crippen LogP contribution in [0.4, 0.5) is 0 Å². The van der Waals surface area contributed by atoms with Gasteiger partial charge >= 0.3 is 5.97 Å². The van der Waals surface area contributed by atoms with E-state index in [4.69, 9.17) is 4.74 Å². The second-order valence-corrected chi connectivity index (χ2v) is 6.73. The Hall–Kier alpha value is -3.01. The summed E-state index contributed by atoms with van der Waals surface area (Å²) >= 11 is 0. The van der Waals surface area contributed by atoms with E-state index in [-0.39, 0.29) is 30.5 Å². The highest BCUT2D eigenvalue weighted by Crippen LogP contribution is 2.22. The third kappa shape index (κ3) is 6.62. The Morgan fingerprint density at radius 1 is 0.964 bits per heavy atom. The summed E-state index contributed by atoms with van der Waals surface area (Å²) in [5.74, 6) is -1.23. The van der Waals surface area contributed by atoms with Crippen molar-refractivity contribution in [3.8, 4) is 0 Å². The fourth-order valence-corrected chi connectivity index (χ4v) is 2.94. The first-order chi connectivity index (χ1) is 13.5. The Labute approximate surface area is 166 Å². The number of ketones is 2. The molecule has 0 spiro atoms. The molecule has 0 aliphatic carbocycles. The van der Waals surface area contributed by atoms with Crippen LogP contribution in [0.25, 0.3) is 0 Å². The van der Waals surface area contributed by atoms with Crippen molar-refractivity contribution >= 4 is 17.5 Å². The topological polar surface area (TPSA) is 60.4 Å². The summed E-state index contributed by atoms with van der Waals surface area (Å²) in [4.78, 5) is 36.8. The Kier molecular flexibility index (Phi) is 8.35. The molecule has 0 saturated carbocycles. The zero-order valence-electron chi connectivity index (χ0n) is 16.3. The van der Waals surface area contributed by atoms with Crippen LogP contribution in [-0.2, 0) is 20.9 Å². The lowest BCUT2D eigenvalue weighted by molar-refractivity contribution is -0.139. The van der Waals surface area contributed by atoms with Gasteiger partial charge in [0.05, 0.1) is 0 Å². The van der Waals surface area contributed by atoms with E-state index in [1.54, 1.807) is 37.3 Å². The minimum absolute atomic E-state index is 0.0130. The molecule has 0 aromatic heterocycles. The number of carbonyl (C=O) groups excluding carboxylic acids is 3. The van der Waals surface area contributed by atoms with Crippen LogP contribution in [0.3, 0.4) is 0 Å². The maximum absolute atomic E-state index is 12.5. The molecule has 4 heteroatoms. The van der Waals surface area contributed by atoms with Gasteiger partial charge in [-0.05, 0) is 11.5 Å². The summed E-state index contributed by atoms with van der Waals surface area (Å²) in [6.45, 7) is 3.83. The van der Waals surface area contributed by atoms with Crippen molar-refractivity contribution in [2.24, 2.45) is 11.8 Å². The quantitative estimate of drug-likeness (QED) is 0.339. The van der Waals surface area contributed by atoms with Gasteiger partial charge in [0.25, 0.3) is 0 Å². The van der Waals surface area contributed by atoms with Gasteiger partial charge in [-0.1, -0.05) is 80.6 Å². The lowest BCUT2D eigenvalue weighted by Gasteiger charge is -2.19. The van der Waals surface area contributed by atoms with E-state index in [1.165, 1.54) is 6.08 Å². The van der Waals surface area contributed by atoms with Gasteiger partial charge in [-0.25, -0.2) is 4.79 Å². The largest absolute Gasteiger partial charge is 0.458 e. The number of allylic oxidation sites excluding steroid dienone is 1. The number of hydrogen-bond donors (Lipinski definition) is 0. The predicted octanol–water partition coefficient (Wildman–Crippen LogP) is 4.79. The van der Waals surface area contributed by atoms with Gasteiger partial charge < -0.3 is 4.74 Å². The SMILES string of the molecule is CCC(=O)[C@@H](CC(=O)c1ccccc1)[C@H](C)/C=C/C(=O)OCc1ccccc1. The molecule has 2 atom stereocenters. The Morgan fingerprint density at radius 2 is 1.57 bits per heavy atom. The second-order valence-electron chi connectivity index (χ2n) is 6.73. The van der Waals surface area contributed by atoms with Gasteiger partial charge in [0, 0.05) is 30.4 Å². The summed E-state index contributed by atoms with van der Waals surface area (Å²) in [6.07, 6.45) is 3.48. The third-order valence-corrected chi connectivity index (χ3v) is 4.66. The maximum Gasteiger partial charge on any atom is 0.330 e. The van der Waals surface area contributed by atoms with Crippen molar-refractivity contribution < 1.29 is 19.1 Å². The zero-order valence-corrected chi connectivity index (χ0v) is 16.3. The molecule has 146 valence electrons. The molecule has 28 heavy (non-hydrogen) atoms. The molecule has 0 heterocycles. The summed E-state index contributed by atoms with van der Waals surface area (Å²) in [5, 5.41) is 0. The number of ether oxygens (including phenoxy) is 1. The monoisotopic (exact) mass is 378 g/mol. The van der Waals surface area contributed by atoms with Crippen LogP contribution < -0.4 is 0 Å². The predicted molar refractivity (Wildman–Crippen MR) is 109 cm³/mol. The molecule has 2 rings (SSSR count). The van der Waals surface area contributed by atoms with E-state index < -0.39 is 11.9 Å². The first-order valence-corrected chi connectivity index (χ1v) is 9.51. The van der Waals surface area contributed by atoms with E-state index >= 15 is 0 Å². The lowest BCUT2D eigenvalue weighted by Crippen LogP contribution is -2.24. The fourth-order valence-electron chi connectivity index (χ4n) is 2.94. The van der Waals surface area contributed by atoms with E-state index in [2.05, 4.69) is 0 Å². The Morgan fingerprint density at radius 3 is 2.18 bits per heavy atom. The van der Waals surface area contributed by atoms with E-state index in [1.807, 2.05) is 43.3 Å². The van der Waals surface area contributed by atoms with E-state index in [9.17, 15) is 14.4 Å². The average Bonchev–Trinajstić information content (AvgIpc) is 2.75. The summed E-state index contributed by atoms with van der Waals surface area (Å²) in [7, 11) is 0. The number of rotatable bonds is 10. The van der Waals surface area contributed by atoms with Crippen LogP contribution in [0.15, 0.2) is 72.8 Å². The van der Waals surface area contributed by atoms with Gasteiger partial charge in [0.2, 0.25) is 0 Å². The maximum atomic E-state index is 12.5. The standard InChI is InChI=1S/C24H26O4/c1-3-22(25)21(16-23(26)20-12-8-5-9-13-20)18(2)14-15-24(27)28-17-19-10-6-4-7-11-19/h4-15,18,21H,3,16-17H2,1-2H3/b15-14+/t18-,21+/m1/s1. The smallest absolute Gasteiger partial charge is 0.330 e. The Balaban J connectivity index is 1.96. The number of carbonyl (C=O) groups is 3. The molecule has 0 fully saturated rings. The average molecular weight is 378 g/mol. The third-order valence-electron chi connectivity index (χ3n) is 4.66. The van der Waals surface area contributed by atoms with Crippen LogP contribution in [0.1, 0.15) is 42.6 Å². The number of esters is 1. The first kappa shape index (κ1) is 21.3. The minimum atomic E-state index is -0.465. The molecule has 0 aliphatic heterocycles. The normalized spacial score (nSPS) is 13.1. The van der Waals surface area contributed by atoms with Crippen LogP contribution in [0, 0.1) is 11.8 Å². The molecule has 0 saturated heterocycles. The Bertz CT molecular complexity index is 809. The summed E-state index contributed by atoms with van der Waals surface area (Å²) in [6, 6.07) is 18.4. The highest BCUT2D eigenvalue weighted by molar-refractivity contribution is 5.99. The molecule has 2 aromatic carbocycles. The minimum Gasteiger partial charge on any atom is -0.458 e. The molecule has 2 aromatic rings. The van der Waals surface area contributed by atoms with Crippen molar-refractivity contribution in [3.63, 3.8) is 0 Å². The van der Waals surface area contributed by atoms with Crippen molar-refractivity contribution in [1.82, 2.24) is 0 Å². The molecule has 0 amide bonds. The number of hydrogen-bond acceptors (Lipinski definition) is 4. The van der Waals surface area contributed by atoms with Crippen molar-refractivity contribution in [2.45, 2.75) is 33.3 Å². The molecule has 0 aliphatic rings. The van der Waals surface area contributed by atoms with E-state index in [0.717, 1.165) is 5.56 Å². The highest BCUT2D eigenvalue weighted by atomic mass is 16.5. The van der Waals surface area contributed by atoms with Crippen molar-refractivity contribution in [2.75, 3.05) is 0 Å². The fraction of sp³-hybridized carbons (Fsp3) is 0.292. The summed E-state index contributed by atoms with van der Waals surface area (Å²) < 4.78 is 5.22. The van der Waals surface area contributed by atoms with Crippen molar-refractivity contribution in [3.05, 3.63) is 83.9 Å². The molecule has 0 bridgehead atoms. The van der Waals surface area contributed by atoms with Gasteiger partial charge in [0.1, 0.15) is 12.4 Å². The molecule has 0 radical (unpaired) electrons. The van der Waals surface area contributed by atoms with Crippen LogP contribution in [0.5, 0.6) is 0 Å². The van der Waals surface area contributed by atoms with E-state index in [0.29, 0.717) is 12.0 Å². The highest BCUT2D eigenvalue weighted by Gasteiger charge is 2.25. The van der Waals surface area contributed by atoms with Gasteiger partial charge in [-0.3, -0.25) is 9.59 Å². The second kappa shape index (κ2) is 11.0. The summed E-state index contributed by atoms with van der Waals surface area (Å²) in [5.41, 5.74) is 1.50. The van der Waals surface area contributed by atoms with Gasteiger partial charge in [-0.15, -0.1) is 0 Å². The first-order valence-electron chi connectivity index (χ1n) is 9.51.